The third-order valence-corrected chi connectivity index (χ3v) is 6.98. The minimum absolute atomic E-state index is 0.554. The second-order valence-corrected chi connectivity index (χ2v) is 9.35. The third kappa shape index (κ3) is 6.45. The molecule has 0 heterocycles. The molecule has 0 bridgehead atoms. The smallest absolute Gasteiger partial charge is 0.180 e. The van der Waals surface area contributed by atoms with Crippen LogP contribution in [-0.4, -0.2) is 6.17 Å². The molecule has 1 saturated carbocycles. The predicted octanol–water partition coefficient (Wildman–Crippen LogP) is 7.70. The summed E-state index contributed by atoms with van der Waals surface area (Å²) in [6.45, 7) is 0. The topological polar surface area (TPSA) is 12.0 Å². The Morgan fingerprint density at radius 2 is 1.74 bits per heavy atom. The van der Waals surface area contributed by atoms with E-state index in [0.717, 1.165) is 61.1 Å². The van der Waals surface area contributed by atoms with Gasteiger partial charge in [0.2, 0.25) is 0 Å². The van der Waals surface area contributed by atoms with Gasteiger partial charge in [-0.1, -0.05) is 47.3 Å². The molecule has 0 aromatic heterocycles. The fourth-order valence-electron chi connectivity index (χ4n) is 3.54. The van der Waals surface area contributed by atoms with Crippen LogP contribution in [-0.2, 0) is 18.4 Å². The Morgan fingerprint density at radius 3 is 2.48 bits per heavy atom. The van der Waals surface area contributed by atoms with Crippen molar-refractivity contribution in [2.75, 3.05) is 4.72 Å². The molecule has 0 amide bonds. The summed E-state index contributed by atoms with van der Waals surface area (Å²) < 4.78 is 16.7. The van der Waals surface area contributed by atoms with Crippen molar-refractivity contribution < 1.29 is 4.39 Å². The number of nitrogens with one attached hydrogen (secondary N) is 1. The number of rotatable bonds is 7. The van der Waals surface area contributed by atoms with Gasteiger partial charge in [-0.05, 0) is 74.3 Å². The summed E-state index contributed by atoms with van der Waals surface area (Å²) in [5.41, 5.74) is 2.30. The van der Waals surface area contributed by atoms with Gasteiger partial charge in [0, 0.05) is 11.1 Å². The zero-order valence-electron chi connectivity index (χ0n) is 15.0. The van der Waals surface area contributed by atoms with E-state index >= 15 is 0 Å². The zero-order valence-corrected chi connectivity index (χ0v) is 18.2. The zero-order chi connectivity index (χ0) is 19.2. The highest BCUT2D eigenvalue weighted by atomic mass is 35.5. The lowest BCUT2D eigenvalue weighted by atomic mass is 9.84. The van der Waals surface area contributed by atoms with Gasteiger partial charge in [0.25, 0.3) is 0 Å². The molecule has 0 unspecified atom stereocenters. The van der Waals surface area contributed by atoms with Crippen LogP contribution < -0.4 is 4.72 Å². The van der Waals surface area contributed by atoms with Crippen LogP contribution in [0.5, 0.6) is 0 Å². The lowest BCUT2D eigenvalue weighted by Gasteiger charge is -2.24. The summed E-state index contributed by atoms with van der Waals surface area (Å²) in [5, 5.41) is 1.82. The largest absolute Gasteiger partial charge is 0.247 e. The predicted molar refractivity (Wildman–Crippen MR) is 118 cm³/mol. The molecule has 1 N–H and O–H groups in total. The Bertz CT molecular complexity index is 763. The van der Waals surface area contributed by atoms with E-state index in [4.69, 9.17) is 34.8 Å². The van der Waals surface area contributed by atoms with E-state index in [-0.39, 0.29) is 0 Å². The van der Waals surface area contributed by atoms with Gasteiger partial charge in [0.15, 0.2) is 4.90 Å². The highest BCUT2D eigenvalue weighted by molar-refractivity contribution is 7.80. The Morgan fingerprint density at radius 1 is 0.963 bits per heavy atom. The molecule has 2 aromatic rings. The van der Waals surface area contributed by atoms with Gasteiger partial charge in [0.05, 0.1) is 15.7 Å². The van der Waals surface area contributed by atoms with Gasteiger partial charge in [-0.25, -0.2) is 9.11 Å². The first-order valence-corrected chi connectivity index (χ1v) is 11.4. The van der Waals surface area contributed by atoms with Gasteiger partial charge in [-0.15, -0.1) is 0 Å². The van der Waals surface area contributed by atoms with Crippen LogP contribution in [0, 0.1) is 5.92 Å². The van der Waals surface area contributed by atoms with Gasteiger partial charge >= 0.3 is 0 Å². The van der Waals surface area contributed by atoms with Crippen molar-refractivity contribution in [1.29, 1.82) is 0 Å². The number of alkyl halides is 1. The summed E-state index contributed by atoms with van der Waals surface area (Å²) in [7, 11) is 0. The molecule has 1 fully saturated rings. The van der Waals surface area contributed by atoms with E-state index in [2.05, 4.69) is 10.8 Å². The summed E-state index contributed by atoms with van der Waals surface area (Å²) in [6, 6.07) is 11.6. The Labute approximate surface area is 180 Å². The fourth-order valence-corrected chi connectivity index (χ4v) is 4.89. The lowest BCUT2D eigenvalue weighted by molar-refractivity contribution is 0.200. The first-order chi connectivity index (χ1) is 13.0. The molecule has 2 aromatic carbocycles. The normalized spacial score (nSPS) is 19.9. The molecule has 0 spiro atoms. The van der Waals surface area contributed by atoms with E-state index < -0.39 is 6.17 Å². The van der Waals surface area contributed by atoms with Crippen LogP contribution in [0.4, 0.5) is 10.1 Å². The number of anilines is 1. The molecule has 27 heavy (non-hydrogen) atoms. The van der Waals surface area contributed by atoms with Crippen molar-refractivity contribution in [3.63, 3.8) is 0 Å². The second-order valence-electron chi connectivity index (χ2n) is 7.13. The van der Waals surface area contributed by atoms with Crippen LogP contribution >= 0.6 is 34.8 Å². The molecule has 6 heteroatoms. The van der Waals surface area contributed by atoms with Crippen LogP contribution in [0.3, 0.4) is 0 Å². The maximum atomic E-state index is 13.3. The molecule has 1 aliphatic carbocycles. The molecule has 0 aliphatic heterocycles. The molecule has 146 valence electrons. The number of benzene rings is 2. The second kappa shape index (κ2) is 10.2. The van der Waals surface area contributed by atoms with Crippen LogP contribution in [0.15, 0.2) is 41.3 Å². The van der Waals surface area contributed by atoms with E-state index in [1.54, 1.807) is 6.07 Å². The van der Waals surface area contributed by atoms with Gasteiger partial charge in [0.1, 0.15) is 18.1 Å². The lowest BCUT2D eigenvalue weighted by Crippen LogP contribution is -2.15. The van der Waals surface area contributed by atoms with Crippen molar-refractivity contribution in [3.05, 3.63) is 57.0 Å². The molecule has 1 aliphatic rings. The Hall–Kier alpha value is -0.610. The molecule has 0 radical (unpaired) electrons. The van der Waals surface area contributed by atoms with Crippen molar-refractivity contribution in [3.8, 4) is 0 Å². The van der Waals surface area contributed by atoms with E-state index in [1.165, 1.54) is 12.0 Å². The Kier molecular flexibility index (Phi) is 8.01. The average molecular weight is 448 g/mol. The molecule has 1 nitrogen and oxygen atoms in total. The maximum Gasteiger partial charge on any atom is 0.180 e. The fraction of sp³-hybridized carbons (Fsp3) is 0.429. The molecule has 0 saturated heterocycles. The third-order valence-electron chi connectivity index (χ3n) is 5.12. The summed E-state index contributed by atoms with van der Waals surface area (Å²) in [4.78, 5) is 1.04. The first-order valence-electron chi connectivity index (χ1n) is 9.35. The molecular weight excluding hydrogens is 424 g/mol. The highest BCUT2D eigenvalue weighted by Crippen LogP contribution is 2.31. The number of halogens is 4. The molecule has 0 atom stereocenters. The molecule has 3 rings (SSSR count). The number of thiol groups is 1. The quantitative estimate of drug-likeness (QED) is 0.338. The maximum absolute atomic E-state index is 13.3. The number of hydrogen-bond donors (Lipinski definition) is 1. The highest BCUT2D eigenvalue weighted by Gasteiger charge is 2.20. The number of aryl methyl sites for hydroxylation is 1. The SMILES string of the molecule is FC1CCC(CCCc2ccc(Cl)cc2N[SH+]c2ccc(Cl)c(Cl)c2)CC1. The monoisotopic (exact) mass is 446 g/mol. The van der Waals surface area contributed by atoms with E-state index in [1.807, 2.05) is 24.3 Å². The van der Waals surface area contributed by atoms with E-state index in [0.29, 0.717) is 21.0 Å². The van der Waals surface area contributed by atoms with Gasteiger partial charge < -0.3 is 0 Å². The van der Waals surface area contributed by atoms with Crippen LogP contribution in [0.25, 0.3) is 0 Å². The average Bonchev–Trinajstić information content (AvgIpc) is 2.66. The minimum Gasteiger partial charge on any atom is -0.247 e. The number of hydrogen-bond acceptors (Lipinski definition) is 1. The van der Waals surface area contributed by atoms with Crippen molar-refractivity contribution in [2.45, 2.75) is 56.0 Å². The summed E-state index contributed by atoms with van der Waals surface area (Å²) in [5.74, 6) is 0.676. The summed E-state index contributed by atoms with van der Waals surface area (Å²) in [6.07, 6.45) is 6.23. The summed E-state index contributed by atoms with van der Waals surface area (Å²) >= 11 is 19.2. The van der Waals surface area contributed by atoms with Crippen LogP contribution in [0.2, 0.25) is 15.1 Å². The van der Waals surface area contributed by atoms with Crippen molar-refractivity contribution >= 4 is 52.4 Å². The van der Waals surface area contributed by atoms with Crippen LogP contribution in [0.1, 0.15) is 44.1 Å². The van der Waals surface area contributed by atoms with Crippen molar-refractivity contribution in [2.24, 2.45) is 5.92 Å². The molecular formula is C21H24Cl3FNS+. The standard InChI is InChI=1S/C21H23Cl3FNS/c22-16-7-6-15(3-1-2-14-4-8-17(25)9-5-14)21(12-16)26-27-18-10-11-19(23)20(24)13-18/h6-7,10-14,17,26H,1-5,8-9H2/p+1. The van der Waals surface area contributed by atoms with E-state index in [9.17, 15) is 4.39 Å². The first kappa shape index (κ1) is 21.1. The minimum atomic E-state index is -0.575. The Balaban J connectivity index is 1.56. The van der Waals surface area contributed by atoms with Gasteiger partial charge in [-0.2, -0.15) is 0 Å². The van der Waals surface area contributed by atoms with Gasteiger partial charge in [-0.3, -0.25) is 0 Å². The van der Waals surface area contributed by atoms with Crippen molar-refractivity contribution in [1.82, 2.24) is 0 Å².